The van der Waals surface area contributed by atoms with E-state index >= 15 is 0 Å². The van der Waals surface area contributed by atoms with E-state index in [1.54, 1.807) is 0 Å². The lowest BCUT2D eigenvalue weighted by Crippen LogP contribution is -2.05. The molecule has 1 heterocycles. The van der Waals surface area contributed by atoms with Crippen molar-refractivity contribution in [3.63, 3.8) is 0 Å². The van der Waals surface area contributed by atoms with Gasteiger partial charge in [0, 0.05) is 0 Å². The van der Waals surface area contributed by atoms with Gasteiger partial charge in [-0.1, -0.05) is 18.2 Å². The molecule has 3 nitrogen and oxygen atoms in total. The second kappa shape index (κ2) is 4.36. The average Bonchev–Trinajstić information content (AvgIpc) is 2.30. The Morgan fingerprint density at radius 3 is 2.73 bits per heavy atom. The zero-order chi connectivity index (χ0) is 10.7. The maximum absolute atomic E-state index is 10.7. The Labute approximate surface area is 92.3 Å². The van der Waals surface area contributed by atoms with Gasteiger partial charge < -0.3 is 9.47 Å². The van der Waals surface area contributed by atoms with Crippen LogP contribution in [0.2, 0.25) is 0 Å². The van der Waals surface area contributed by atoms with Crippen LogP contribution >= 0.6 is 11.6 Å². The lowest BCUT2D eigenvalue weighted by molar-refractivity contribution is -0.111. The van der Waals surface area contributed by atoms with Gasteiger partial charge in [0.2, 0.25) is 5.76 Å². The quantitative estimate of drug-likeness (QED) is 0.677. The molecule has 2 aliphatic rings. The molecule has 1 aliphatic heterocycles. The molecule has 15 heavy (non-hydrogen) atoms. The molecule has 1 aliphatic carbocycles. The Bertz CT molecular complexity index is 402. The highest BCUT2D eigenvalue weighted by atomic mass is 35.5. The minimum absolute atomic E-state index is 0.00682. The third-order valence-corrected chi connectivity index (χ3v) is 2.30. The summed E-state index contributed by atoms with van der Waals surface area (Å²) in [5, 5.41) is -0.664. The predicted molar refractivity (Wildman–Crippen MR) is 55.7 cm³/mol. The van der Waals surface area contributed by atoms with E-state index in [4.69, 9.17) is 21.1 Å². The highest BCUT2D eigenvalue weighted by Gasteiger charge is 2.16. The summed E-state index contributed by atoms with van der Waals surface area (Å²) in [6, 6.07) is 0. The van der Waals surface area contributed by atoms with Gasteiger partial charge in [-0.3, -0.25) is 4.79 Å². The van der Waals surface area contributed by atoms with E-state index in [1.807, 2.05) is 12.2 Å². The fourth-order valence-corrected chi connectivity index (χ4v) is 1.43. The molecule has 78 valence electrons. The minimum atomic E-state index is -0.664. The minimum Gasteiger partial charge on any atom is -0.457 e. The van der Waals surface area contributed by atoms with Crippen LogP contribution in [0.4, 0.5) is 0 Å². The van der Waals surface area contributed by atoms with Gasteiger partial charge in [-0.05, 0) is 30.0 Å². The first-order valence-corrected chi connectivity index (χ1v) is 4.95. The second-order valence-electron chi connectivity index (χ2n) is 3.13. The first-order valence-electron chi connectivity index (χ1n) is 4.57. The number of hydrogen-bond donors (Lipinski definition) is 0. The molecule has 0 unspecified atom stereocenters. The van der Waals surface area contributed by atoms with Crippen molar-refractivity contribution in [2.24, 2.45) is 0 Å². The SMILES string of the molecule is O=C(Cl)C1=COC(C2=CC=CCC2)=CO1. The van der Waals surface area contributed by atoms with E-state index in [2.05, 4.69) is 6.08 Å². The van der Waals surface area contributed by atoms with Crippen LogP contribution in [-0.2, 0) is 14.3 Å². The van der Waals surface area contributed by atoms with Gasteiger partial charge in [0.25, 0.3) is 5.24 Å². The molecule has 0 aromatic rings. The van der Waals surface area contributed by atoms with Crippen molar-refractivity contribution < 1.29 is 14.3 Å². The summed E-state index contributed by atoms with van der Waals surface area (Å²) >= 11 is 5.22. The number of ether oxygens (including phenoxy) is 2. The molecule has 0 bridgehead atoms. The molecule has 0 aromatic heterocycles. The van der Waals surface area contributed by atoms with Crippen LogP contribution in [0.5, 0.6) is 0 Å². The lowest BCUT2D eigenvalue weighted by Gasteiger charge is -2.16. The van der Waals surface area contributed by atoms with Gasteiger partial charge in [0.1, 0.15) is 12.5 Å². The molecule has 2 rings (SSSR count). The summed E-state index contributed by atoms with van der Waals surface area (Å²) in [5.74, 6) is 0.633. The van der Waals surface area contributed by atoms with Crippen molar-refractivity contribution in [3.05, 3.63) is 47.8 Å². The monoisotopic (exact) mass is 224 g/mol. The summed E-state index contributed by atoms with van der Waals surface area (Å²) in [5.41, 5.74) is 1.05. The van der Waals surface area contributed by atoms with Crippen LogP contribution in [0.1, 0.15) is 12.8 Å². The van der Waals surface area contributed by atoms with Gasteiger partial charge >= 0.3 is 0 Å². The zero-order valence-electron chi connectivity index (χ0n) is 7.90. The van der Waals surface area contributed by atoms with E-state index in [0.717, 1.165) is 18.4 Å². The average molecular weight is 225 g/mol. The largest absolute Gasteiger partial charge is 0.457 e. The highest BCUT2D eigenvalue weighted by Crippen LogP contribution is 2.25. The molecule has 0 spiro atoms. The second-order valence-corrected chi connectivity index (χ2v) is 3.48. The molecule has 0 radical (unpaired) electrons. The summed E-state index contributed by atoms with van der Waals surface area (Å²) in [6.45, 7) is 0. The van der Waals surface area contributed by atoms with Crippen LogP contribution in [0.25, 0.3) is 0 Å². The summed E-state index contributed by atoms with van der Waals surface area (Å²) in [7, 11) is 0. The Balaban J connectivity index is 2.07. The maximum Gasteiger partial charge on any atom is 0.291 e. The predicted octanol–water partition coefficient (Wildman–Crippen LogP) is 2.76. The first kappa shape index (κ1) is 10.1. The summed E-state index contributed by atoms with van der Waals surface area (Å²) in [6.07, 6.45) is 10.5. The third kappa shape index (κ3) is 2.30. The van der Waals surface area contributed by atoms with Gasteiger partial charge in [0.15, 0.2) is 5.76 Å². The van der Waals surface area contributed by atoms with Crippen LogP contribution in [-0.4, -0.2) is 5.24 Å². The fraction of sp³-hybridized carbons (Fsp3) is 0.182. The van der Waals surface area contributed by atoms with E-state index in [1.165, 1.54) is 12.5 Å². The fourth-order valence-electron chi connectivity index (χ4n) is 1.34. The van der Waals surface area contributed by atoms with Gasteiger partial charge in [-0.2, -0.15) is 0 Å². The number of carbonyl (C=O) groups is 1. The van der Waals surface area contributed by atoms with E-state index in [9.17, 15) is 4.79 Å². The van der Waals surface area contributed by atoms with Crippen molar-refractivity contribution in [1.29, 1.82) is 0 Å². The number of allylic oxidation sites excluding steroid dienone is 5. The maximum atomic E-state index is 10.7. The van der Waals surface area contributed by atoms with Crippen molar-refractivity contribution in [1.82, 2.24) is 0 Å². The van der Waals surface area contributed by atoms with Crippen LogP contribution in [0, 0.1) is 0 Å². The topological polar surface area (TPSA) is 35.5 Å². The number of carbonyl (C=O) groups excluding carboxylic acids is 1. The Morgan fingerprint density at radius 2 is 2.20 bits per heavy atom. The summed E-state index contributed by atoms with van der Waals surface area (Å²) < 4.78 is 10.3. The van der Waals surface area contributed by atoms with E-state index in [0.29, 0.717) is 5.76 Å². The normalized spacial score (nSPS) is 19.4. The first-order chi connectivity index (χ1) is 7.27. The Kier molecular flexibility index (Phi) is 2.92. The molecular weight excluding hydrogens is 216 g/mol. The Morgan fingerprint density at radius 1 is 1.33 bits per heavy atom. The molecule has 0 atom stereocenters. The number of halogens is 1. The molecule has 0 saturated heterocycles. The van der Waals surface area contributed by atoms with Crippen LogP contribution in [0.15, 0.2) is 47.8 Å². The van der Waals surface area contributed by atoms with Crippen molar-refractivity contribution in [3.8, 4) is 0 Å². The van der Waals surface area contributed by atoms with Gasteiger partial charge in [-0.25, -0.2) is 0 Å². The zero-order valence-corrected chi connectivity index (χ0v) is 8.66. The molecule has 0 amide bonds. The van der Waals surface area contributed by atoms with Crippen molar-refractivity contribution >= 4 is 16.8 Å². The van der Waals surface area contributed by atoms with E-state index < -0.39 is 5.24 Å². The summed E-state index contributed by atoms with van der Waals surface area (Å²) in [4.78, 5) is 10.7. The lowest BCUT2D eigenvalue weighted by atomic mass is 10.0. The molecular formula is C11H9ClO3. The van der Waals surface area contributed by atoms with Gasteiger partial charge in [0.05, 0.1) is 0 Å². The molecule has 0 fully saturated rings. The molecule has 0 aromatic carbocycles. The third-order valence-electron chi connectivity index (χ3n) is 2.11. The Hall–Kier alpha value is -1.48. The molecule has 0 saturated carbocycles. The standard InChI is InChI=1S/C11H9ClO3/c12-11(13)10-7-14-9(6-15-10)8-4-2-1-3-5-8/h1-2,4,6-7H,3,5H2. The smallest absolute Gasteiger partial charge is 0.291 e. The van der Waals surface area contributed by atoms with Gasteiger partial charge in [-0.15, -0.1) is 0 Å². The van der Waals surface area contributed by atoms with Crippen LogP contribution in [0.3, 0.4) is 0 Å². The van der Waals surface area contributed by atoms with Crippen molar-refractivity contribution in [2.75, 3.05) is 0 Å². The van der Waals surface area contributed by atoms with Crippen molar-refractivity contribution in [2.45, 2.75) is 12.8 Å². The van der Waals surface area contributed by atoms with E-state index in [-0.39, 0.29) is 5.76 Å². The number of rotatable bonds is 2. The number of hydrogen-bond acceptors (Lipinski definition) is 3. The van der Waals surface area contributed by atoms with Crippen LogP contribution < -0.4 is 0 Å². The molecule has 0 N–H and O–H groups in total. The molecule has 4 heteroatoms. The highest BCUT2D eigenvalue weighted by molar-refractivity contribution is 6.67.